The van der Waals surface area contributed by atoms with Gasteiger partial charge < -0.3 is 14.7 Å². The number of rotatable bonds is 7. The van der Waals surface area contributed by atoms with Crippen LogP contribution in [0.2, 0.25) is 5.02 Å². The lowest BCUT2D eigenvalue weighted by Gasteiger charge is -2.18. The quantitative estimate of drug-likeness (QED) is 0.805. The van der Waals surface area contributed by atoms with Crippen LogP contribution in [-0.2, 0) is 16.1 Å². The summed E-state index contributed by atoms with van der Waals surface area (Å²) in [5, 5.41) is 9.30. The molecule has 26 heavy (non-hydrogen) atoms. The molecule has 0 aromatic heterocycles. The second-order valence-electron chi connectivity index (χ2n) is 6.52. The summed E-state index contributed by atoms with van der Waals surface area (Å²) >= 11 is 6.03. The summed E-state index contributed by atoms with van der Waals surface area (Å²) < 4.78 is 5.10. The van der Waals surface area contributed by atoms with Crippen molar-refractivity contribution in [2.75, 3.05) is 13.7 Å². The number of ether oxygens (including phenoxy) is 1. The van der Waals surface area contributed by atoms with Crippen molar-refractivity contribution in [2.45, 2.75) is 18.9 Å². The number of halogens is 1. The molecule has 1 aliphatic rings. The monoisotopic (exact) mass is 373 g/mol. The van der Waals surface area contributed by atoms with Crippen molar-refractivity contribution in [1.29, 1.82) is 0 Å². The van der Waals surface area contributed by atoms with Crippen LogP contribution in [0.25, 0.3) is 0 Å². The fraction of sp³-hybridized carbons (Fsp3) is 0.300. The van der Waals surface area contributed by atoms with Crippen molar-refractivity contribution in [3.63, 3.8) is 0 Å². The van der Waals surface area contributed by atoms with Gasteiger partial charge in [0.05, 0.1) is 0 Å². The van der Waals surface area contributed by atoms with E-state index >= 15 is 0 Å². The van der Waals surface area contributed by atoms with E-state index in [2.05, 4.69) is 0 Å². The van der Waals surface area contributed by atoms with Gasteiger partial charge in [0.2, 0.25) is 5.91 Å². The molecule has 0 spiro atoms. The van der Waals surface area contributed by atoms with Gasteiger partial charge in [-0.25, -0.2) is 4.79 Å². The van der Waals surface area contributed by atoms with E-state index in [1.807, 2.05) is 36.4 Å². The number of amides is 1. The third-order valence-corrected chi connectivity index (χ3v) is 4.70. The van der Waals surface area contributed by atoms with E-state index in [4.69, 9.17) is 21.4 Å². The molecule has 1 saturated carbocycles. The molecule has 1 aliphatic carbocycles. The first-order valence-electron chi connectivity index (χ1n) is 8.38. The first-order chi connectivity index (χ1) is 12.4. The lowest BCUT2D eigenvalue weighted by atomic mass is 10.1. The number of hydrogen-bond donors (Lipinski definition) is 1. The van der Waals surface area contributed by atoms with Crippen molar-refractivity contribution in [2.24, 2.45) is 5.92 Å². The number of carboxylic acid groups (broad SMARTS) is 1. The molecule has 2 atom stereocenters. The molecule has 2 aromatic rings. The standard InChI is InChI=1S/C20H20ClNO4/c1-22(11-13-5-7-16(8-6-13)26-12-19(23)24)20(25)18-10-17(18)14-3-2-4-15(21)9-14/h2-9,17-18H,10-12H2,1H3,(H,23,24)/t17-,18+/m0/s1. The first-order valence-corrected chi connectivity index (χ1v) is 8.76. The van der Waals surface area contributed by atoms with Gasteiger partial charge in [-0.05, 0) is 47.7 Å². The second-order valence-corrected chi connectivity index (χ2v) is 6.96. The number of carbonyl (C=O) groups excluding carboxylic acids is 1. The topological polar surface area (TPSA) is 66.8 Å². The number of aliphatic carboxylic acids is 1. The zero-order chi connectivity index (χ0) is 18.7. The number of carbonyl (C=O) groups is 2. The van der Waals surface area contributed by atoms with E-state index in [9.17, 15) is 9.59 Å². The highest BCUT2D eigenvalue weighted by Crippen LogP contribution is 2.48. The molecule has 0 heterocycles. The minimum absolute atomic E-state index is 0.0108. The summed E-state index contributed by atoms with van der Waals surface area (Å²) in [5.41, 5.74) is 2.08. The fourth-order valence-electron chi connectivity index (χ4n) is 3.04. The van der Waals surface area contributed by atoms with Crippen LogP contribution in [0.15, 0.2) is 48.5 Å². The number of nitrogens with zero attached hydrogens (tertiary/aromatic N) is 1. The van der Waals surface area contributed by atoms with Crippen LogP contribution < -0.4 is 4.74 Å². The molecule has 0 radical (unpaired) electrons. The first kappa shape index (κ1) is 18.3. The van der Waals surface area contributed by atoms with Crippen LogP contribution in [-0.4, -0.2) is 35.5 Å². The molecular weight excluding hydrogens is 354 g/mol. The minimum atomic E-state index is -1.02. The van der Waals surface area contributed by atoms with Crippen molar-refractivity contribution >= 4 is 23.5 Å². The highest BCUT2D eigenvalue weighted by molar-refractivity contribution is 6.30. The van der Waals surface area contributed by atoms with Gasteiger partial charge in [-0.1, -0.05) is 35.9 Å². The maximum Gasteiger partial charge on any atom is 0.341 e. The molecule has 0 aliphatic heterocycles. The van der Waals surface area contributed by atoms with Gasteiger partial charge in [-0.15, -0.1) is 0 Å². The Balaban J connectivity index is 1.54. The summed E-state index contributed by atoms with van der Waals surface area (Å²) in [6.45, 7) is 0.126. The van der Waals surface area contributed by atoms with Gasteiger partial charge in [0.25, 0.3) is 0 Å². The van der Waals surface area contributed by atoms with Crippen LogP contribution in [0.1, 0.15) is 23.5 Å². The average molecular weight is 374 g/mol. The Bertz CT molecular complexity index is 806. The SMILES string of the molecule is CN(Cc1ccc(OCC(=O)O)cc1)C(=O)[C@@H]1C[C@H]1c1cccc(Cl)c1. The van der Waals surface area contributed by atoms with Gasteiger partial charge in [-0.2, -0.15) is 0 Å². The van der Waals surface area contributed by atoms with Gasteiger partial charge in [0.15, 0.2) is 6.61 Å². The van der Waals surface area contributed by atoms with E-state index in [0.29, 0.717) is 17.3 Å². The van der Waals surface area contributed by atoms with Crippen molar-refractivity contribution < 1.29 is 19.4 Å². The number of hydrogen-bond acceptors (Lipinski definition) is 3. The van der Waals surface area contributed by atoms with E-state index in [-0.39, 0.29) is 24.3 Å². The molecule has 1 N–H and O–H groups in total. The van der Waals surface area contributed by atoms with Crippen molar-refractivity contribution in [3.05, 3.63) is 64.7 Å². The van der Waals surface area contributed by atoms with Crippen LogP contribution in [0.5, 0.6) is 5.75 Å². The zero-order valence-electron chi connectivity index (χ0n) is 14.4. The highest BCUT2D eigenvalue weighted by atomic mass is 35.5. The van der Waals surface area contributed by atoms with E-state index in [1.54, 1.807) is 24.1 Å². The molecule has 1 amide bonds. The van der Waals surface area contributed by atoms with Gasteiger partial charge in [0.1, 0.15) is 5.75 Å². The molecule has 0 unspecified atom stereocenters. The van der Waals surface area contributed by atoms with Crippen LogP contribution >= 0.6 is 11.6 Å². The molecule has 1 fully saturated rings. The minimum Gasteiger partial charge on any atom is -0.482 e. The highest BCUT2D eigenvalue weighted by Gasteiger charge is 2.45. The molecule has 136 valence electrons. The molecule has 6 heteroatoms. The van der Waals surface area contributed by atoms with Crippen LogP contribution in [0.4, 0.5) is 0 Å². The van der Waals surface area contributed by atoms with Gasteiger partial charge >= 0.3 is 5.97 Å². The molecular formula is C20H20ClNO4. The average Bonchev–Trinajstić information content (AvgIpc) is 3.41. The molecule has 5 nitrogen and oxygen atoms in total. The maximum atomic E-state index is 12.6. The Labute approximate surface area is 157 Å². The third kappa shape index (κ3) is 4.55. The lowest BCUT2D eigenvalue weighted by molar-refractivity contribution is -0.139. The van der Waals surface area contributed by atoms with Crippen molar-refractivity contribution in [3.8, 4) is 5.75 Å². The Hall–Kier alpha value is -2.53. The third-order valence-electron chi connectivity index (χ3n) is 4.47. The zero-order valence-corrected chi connectivity index (χ0v) is 15.1. The molecule has 3 rings (SSSR count). The second kappa shape index (κ2) is 7.79. The van der Waals surface area contributed by atoms with E-state index < -0.39 is 5.97 Å². The number of benzene rings is 2. The molecule has 0 saturated heterocycles. The fourth-order valence-corrected chi connectivity index (χ4v) is 3.24. The van der Waals surface area contributed by atoms with Crippen LogP contribution in [0.3, 0.4) is 0 Å². The summed E-state index contributed by atoms with van der Waals surface area (Å²) in [6, 6.07) is 14.8. The lowest BCUT2D eigenvalue weighted by Crippen LogP contribution is -2.28. The smallest absolute Gasteiger partial charge is 0.341 e. The number of carboxylic acids is 1. The van der Waals surface area contributed by atoms with Crippen molar-refractivity contribution in [1.82, 2.24) is 4.90 Å². The van der Waals surface area contributed by atoms with Crippen LogP contribution in [0, 0.1) is 5.92 Å². The maximum absolute atomic E-state index is 12.6. The largest absolute Gasteiger partial charge is 0.482 e. The summed E-state index contributed by atoms with van der Waals surface area (Å²) in [5.74, 6) is -0.139. The summed E-state index contributed by atoms with van der Waals surface area (Å²) in [6.07, 6.45) is 0.853. The van der Waals surface area contributed by atoms with E-state index in [1.165, 1.54) is 0 Å². The molecule has 2 aromatic carbocycles. The Morgan fingerprint density at radius 1 is 1.23 bits per heavy atom. The predicted octanol–water partition coefficient (Wildman–Crippen LogP) is 3.57. The molecule has 0 bridgehead atoms. The Kier molecular flexibility index (Phi) is 5.47. The Morgan fingerprint density at radius 3 is 2.62 bits per heavy atom. The Morgan fingerprint density at radius 2 is 1.96 bits per heavy atom. The predicted molar refractivity (Wildman–Crippen MR) is 98.3 cm³/mol. The summed E-state index contributed by atoms with van der Waals surface area (Å²) in [4.78, 5) is 24.9. The normalized spacial score (nSPS) is 18.2. The van der Waals surface area contributed by atoms with E-state index in [0.717, 1.165) is 17.5 Å². The summed E-state index contributed by atoms with van der Waals surface area (Å²) in [7, 11) is 1.80. The van der Waals surface area contributed by atoms with Gasteiger partial charge in [0, 0.05) is 24.5 Å². The van der Waals surface area contributed by atoms with Gasteiger partial charge in [-0.3, -0.25) is 4.79 Å².